The summed E-state index contributed by atoms with van der Waals surface area (Å²) in [7, 11) is 0. The minimum atomic E-state index is -0.0907. The van der Waals surface area contributed by atoms with E-state index in [-0.39, 0.29) is 5.91 Å². The second-order valence-corrected chi connectivity index (χ2v) is 3.79. The molecule has 1 aliphatic rings. The molecule has 2 heterocycles. The van der Waals surface area contributed by atoms with Gasteiger partial charge >= 0.3 is 0 Å². The zero-order chi connectivity index (χ0) is 11.2. The highest BCUT2D eigenvalue weighted by Crippen LogP contribution is 2.07. The SMILES string of the molecule is O=C(NCCC1=CCNCC1)c1ccn[nH]1. The van der Waals surface area contributed by atoms with Gasteiger partial charge in [-0.25, -0.2) is 0 Å². The maximum Gasteiger partial charge on any atom is 0.269 e. The smallest absolute Gasteiger partial charge is 0.269 e. The molecule has 1 aliphatic heterocycles. The van der Waals surface area contributed by atoms with E-state index in [9.17, 15) is 4.79 Å². The van der Waals surface area contributed by atoms with E-state index >= 15 is 0 Å². The number of H-pyrrole nitrogens is 1. The summed E-state index contributed by atoms with van der Waals surface area (Å²) < 4.78 is 0. The Kier molecular flexibility index (Phi) is 3.71. The molecule has 0 saturated carbocycles. The van der Waals surface area contributed by atoms with Gasteiger partial charge in [0.15, 0.2) is 0 Å². The molecule has 0 aliphatic carbocycles. The average molecular weight is 220 g/mol. The van der Waals surface area contributed by atoms with Gasteiger partial charge in [0, 0.05) is 19.3 Å². The highest BCUT2D eigenvalue weighted by molar-refractivity contribution is 5.92. The molecule has 0 unspecified atom stereocenters. The highest BCUT2D eigenvalue weighted by atomic mass is 16.1. The molecule has 0 bridgehead atoms. The molecule has 86 valence electrons. The van der Waals surface area contributed by atoms with Crippen LogP contribution in [0.3, 0.4) is 0 Å². The van der Waals surface area contributed by atoms with Crippen molar-refractivity contribution < 1.29 is 4.79 Å². The third-order valence-electron chi connectivity index (χ3n) is 2.64. The van der Waals surface area contributed by atoms with Gasteiger partial charge in [0.1, 0.15) is 5.69 Å². The Morgan fingerprint density at radius 3 is 3.19 bits per heavy atom. The molecule has 0 radical (unpaired) electrons. The van der Waals surface area contributed by atoms with Crippen LogP contribution in [0.5, 0.6) is 0 Å². The lowest BCUT2D eigenvalue weighted by Crippen LogP contribution is -2.26. The molecule has 2 rings (SSSR count). The number of aromatic amines is 1. The summed E-state index contributed by atoms with van der Waals surface area (Å²) in [6, 6.07) is 1.67. The van der Waals surface area contributed by atoms with Crippen LogP contribution < -0.4 is 10.6 Å². The largest absolute Gasteiger partial charge is 0.350 e. The van der Waals surface area contributed by atoms with Gasteiger partial charge in [0.25, 0.3) is 5.91 Å². The molecule has 0 spiro atoms. The minimum absolute atomic E-state index is 0.0907. The van der Waals surface area contributed by atoms with E-state index in [1.807, 2.05) is 0 Å². The maximum atomic E-state index is 11.5. The number of nitrogens with one attached hydrogen (secondary N) is 3. The number of rotatable bonds is 4. The predicted molar refractivity (Wildman–Crippen MR) is 61.1 cm³/mol. The van der Waals surface area contributed by atoms with Crippen molar-refractivity contribution in [2.75, 3.05) is 19.6 Å². The van der Waals surface area contributed by atoms with Crippen LogP contribution >= 0.6 is 0 Å². The van der Waals surface area contributed by atoms with Crippen molar-refractivity contribution in [3.63, 3.8) is 0 Å². The predicted octanol–water partition coefficient (Wildman–Crippen LogP) is 0.449. The van der Waals surface area contributed by atoms with Gasteiger partial charge < -0.3 is 10.6 Å². The van der Waals surface area contributed by atoms with E-state index in [0.717, 1.165) is 25.9 Å². The number of carbonyl (C=O) groups is 1. The summed E-state index contributed by atoms with van der Waals surface area (Å²) >= 11 is 0. The first-order valence-electron chi connectivity index (χ1n) is 5.52. The standard InChI is InChI=1S/C11H16N4O/c16-11(10-4-8-14-15-10)13-7-3-9-1-5-12-6-2-9/h1,4,8,12H,2-3,5-7H2,(H,13,16)(H,14,15). The molecule has 3 N–H and O–H groups in total. The van der Waals surface area contributed by atoms with Crippen molar-refractivity contribution in [2.45, 2.75) is 12.8 Å². The number of hydrogen-bond donors (Lipinski definition) is 3. The van der Waals surface area contributed by atoms with Gasteiger partial charge in [-0.05, 0) is 25.5 Å². The monoisotopic (exact) mass is 220 g/mol. The number of aromatic nitrogens is 2. The fraction of sp³-hybridized carbons (Fsp3) is 0.455. The summed E-state index contributed by atoms with van der Waals surface area (Å²) in [5.74, 6) is -0.0907. The minimum Gasteiger partial charge on any atom is -0.350 e. The summed E-state index contributed by atoms with van der Waals surface area (Å²) in [4.78, 5) is 11.5. The van der Waals surface area contributed by atoms with Crippen molar-refractivity contribution in [1.82, 2.24) is 20.8 Å². The van der Waals surface area contributed by atoms with Gasteiger partial charge in [0.2, 0.25) is 0 Å². The molecule has 5 heteroatoms. The average Bonchev–Trinajstić information content (AvgIpc) is 2.84. The lowest BCUT2D eigenvalue weighted by Gasteiger charge is -2.13. The molecule has 0 atom stereocenters. The van der Waals surface area contributed by atoms with Crippen LogP contribution in [-0.2, 0) is 0 Å². The Bertz CT molecular complexity index is 369. The van der Waals surface area contributed by atoms with Gasteiger partial charge in [0.05, 0.1) is 0 Å². The van der Waals surface area contributed by atoms with E-state index < -0.39 is 0 Å². The fourth-order valence-electron chi connectivity index (χ4n) is 1.71. The van der Waals surface area contributed by atoms with Crippen molar-refractivity contribution in [3.05, 3.63) is 29.6 Å². The first-order chi connectivity index (χ1) is 7.86. The van der Waals surface area contributed by atoms with E-state index in [2.05, 4.69) is 26.9 Å². The Hall–Kier alpha value is -1.62. The van der Waals surface area contributed by atoms with E-state index in [0.29, 0.717) is 12.2 Å². The highest BCUT2D eigenvalue weighted by Gasteiger charge is 2.07. The normalized spacial score (nSPS) is 15.6. The molecule has 5 nitrogen and oxygen atoms in total. The van der Waals surface area contributed by atoms with Crippen LogP contribution in [0.15, 0.2) is 23.9 Å². The molecular weight excluding hydrogens is 204 g/mol. The van der Waals surface area contributed by atoms with Crippen LogP contribution in [-0.4, -0.2) is 35.7 Å². The molecule has 0 aromatic carbocycles. The number of hydrogen-bond acceptors (Lipinski definition) is 3. The number of carbonyl (C=O) groups excluding carboxylic acids is 1. The quantitative estimate of drug-likeness (QED) is 0.645. The fourth-order valence-corrected chi connectivity index (χ4v) is 1.71. The van der Waals surface area contributed by atoms with Crippen LogP contribution in [0.4, 0.5) is 0 Å². The first-order valence-corrected chi connectivity index (χ1v) is 5.52. The molecule has 16 heavy (non-hydrogen) atoms. The number of nitrogens with zero attached hydrogens (tertiary/aromatic N) is 1. The van der Waals surface area contributed by atoms with Gasteiger partial charge in [-0.15, -0.1) is 0 Å². The topological polar surface area (TPSA) is 69.8 Å². The summed E-state index contributed by atoms with van der Waals surface area (Å²) in [6.45, 7) is 2.67. The molecule has 1 amide bonds. The summed E-state index contributed by atoms with van der Waals surface area (Å²) in [6.07, 6.45) is 5.79. The van der Waals surface area contributed by atoms with Crippen molar-refractivity contribution in [1.29, 1.82) is 0 Å². The second kappa shape index (κ2) is 5.46. The Morgan fingerprint density at radius 1 is 1.56 bits per heavy atom. The summed E-state index contributed by atoms with van der Waals surface area (Å²) in [5.41, 5.74) is 1.93. The second-order valence-electron chi connectivity index (χ2n) is 3.79. The maximum absolute atomic E-state index is 11.5. The summed E-state index contributed by atoms with van der Waals surface area (Å²) in [5, 5.41) is 12.5. The number of amides is 1. The Labute approximate surface area is 94.3 Å². The molecule has 0 saturated heterocycles. The first kappa shape index (κ1) is 10.9. The molecular formula is C11H16N4O. The van der Waals surface area contributed by atoms with Crippen molar-refractivity contribution in [3.8, 4) is 0 Å². The zero-order valence-electron chi connectivity index (χ0n) is 9.12. The van der Waals surface area contributed by atoms with Crippen LogP contribution in [0, 0.1) is 0 Å². The Balaban J connectivity index is 1.72. The van der Waals surface area contributed by atoms with E-state index in [1.165, 1.54) is 5.57 Å². The van der Waals surface area contributed by atoms with E-state index in [1.54, 1.807) is 12.3 Å². The van der Waals surface area contributed by atoms with Crippen molar-refractivity contribution in [2.24, 2.45) is 0 Å². The van der Waals surface area contributed by atoms with Gasteiger partial charge in [-0.2, -0.15) is 5.10 Å². The lowest BCUT2D eigenvalue weighted by molar-refractivity contribution is 0.0949. The van der Waals surface area contributed by atoms with Gasteiger partial charge in [-0.3, -0.25) is 9.89 Å². The van der Waals surface area contributed by atoms with Crippen LogP contribution in [0.1, 0.15) is 23.3 Å². The van der Waals surface area contributed by atoms with Gasteiger partial charge in [-0.1, -0.05) is 11.6 Å². The molecule has 1 aromatic rings. The van der Waals surface area contributed by atoms with Crippen LogP contribution in [0.25, 0.3) is 0 Å². The zero-order valence-corrected chi connectivity index (χ0v) is 9.12. The van der Waals surface area contributed by atoms with Crippen LogP contribution in [0.2, 0.25) is 0 Å². The lowest BCUT2D eigenvalue weighted by atomic mass is 10.1. The van der Waals surface area contributed by atoms with Crippen molar-refractivity contribution >= 4 is 5.91 Å². The molecule has 1 aromatic heterocycles. The molecule has 0 fully saturated rings. The Morgan fingerprint density at radius 2 is 2.50 bits per heavy atom. The third kappa shape index (κ3) is 2.93. The third-order valence-corrected chi connectivity index (χ3v) is 2.64. The van der Waals surface area contributed by atoms with E-state index in [4.69, 9.17) is 0 Å².